The molecule has 1 aromatic heterocycles. The number of aromatic nitrogens is 2. The molecule has 0 saturated carbocycles. The van der Waals surface area contributed by atoms with Crippen LogP contribution < -0.4 is 5.32 Å². The fourth-order valence-electron chi connectivity index (χ4n) is 1.25. The van der Waals surface area contributed by atoms with E-state index in [0.717, 1.165) is 11.6 Å². The van der Waals surface area contributed by atoms with E-state index in [4.69, 9.17) is 11.6 Å². The Labute approximate surface area is 86.3 Å². The summed E-state index contributed by atoms with van der Waals surface area (Å²) in [5.74, 6) is 3.21. The van der Waals surface area contributed by atoms with Crippen LogP contribution in [0.25, 0.3) is 0 Å². The number of hydrogen-bond acceptors (Lipinski definition) is 4. The van der Waals surface area contributed by atoms with Crippen molar-refractivity contribution in [1.82, 2.24) is 10.2 Å². The summed E-state index contributed by atoms with van der Waals surface area (Å²) in [5.41, 5.74) is 0. The summed E-state index contributed by atoms with van der Waals surface area (Å²) in [5, 5.41) is 11.5. The van der Waals surface area contributed by atoms with Gasteiger partial charge in [0, 0.05) is 11.8 Å². The second kappa shape index (κ2) is 4.15. The summed E-state index contributed by atoms with van der Waals surface area (Å²) in [6.07, 6.45) is 1.20. The van der Waals surface area contributed by atoms with Crippen LogP contribution in [0.3, 0.4) is 0 Å². The number of nitrogens with one attached hydrogen (secondary N) is 1. The molecule has 0 aliphatic carbocycles. The van der Waals surface area contributed by atoms with E-state index in [1.807, 2.05) is 17.8 Å². The topological polar surface area (TPSA) is 37.8 Å². The highest BCUT2D eigenvalue weighted by atomic mass is 35.5. The molecular weight excluding hydrogens is 206 g/mol. The quantitative estimate of drug-likeness (QED) is 0.820. The minimum atomic E-state index is 0.436. The summed E-state index contributed by atoms with van der Waals surface area (Å²) in [6, 6.07) is 4.15. The van der Waals surface area contributed by atoms with E-state index in [0.29, 0.717) is 11.2 Å². The van der Waals surface area contributed by atoms with Gasteiger partial charge in [0.15, 0.2) is 5.15 Å². The first-order chi connectivity index (χ1) is 6.34. The first-order valence-corrected chi connectivity index (χ1v) is 5.71. The molecule has 0 amide bonds. The highest BCUT2D eigenvalue weighted by Crippen LogP contribution is 2.20. The minimum Gasteiger partial charge on any atom is -0.365 e. The van der Waals surface area contributed by atoms with Crippen LogP contribution in [0.1, 0.15) is 6.42 Å². The van der Waals surface area contributed by atoms with Crippen molar-refractivity contribution in [3.63, 3.8) is 0 Å². The predicted octanol–water partition coefficient (Wildman–Crippen LogP) is 2.05. The van der Waals surface area contributed by atoms with E-state index in [2.05, 4.69) is 15.5 Å². The van der Waals surface area contributed by atoms with Gasteiger partial charge in [-0.05, 0) is 24.3 Å². The molecule has 1 fully saturated rings. The van der Waals surface area contributed by atoms with E-state index >= 15 is 0 Å². The number of thioether (sulfide) groups is 1. The maximum absolute atomic E-state index is 5.62. The Balaban J connectivity index is 1.97. The van der Waals surface area contributed by atoms with E-state index in [9.17, 15) is 0 Å². The zero-order chi connectivity index (χ0) is 9.10. The molecule has 5 heteroatoms. The van der Waals surface area contributed by atoms with Crippen molar-refractivity contribution in [1.29, 1.82) is 0 Å². The third-order valence-corrected chi connectivity index (χ3v) is 3.28. The van der Waals surface area contributed by atoms with Crippen molar-refractivity contribution in [3.05, 3.63) is 17.3 Å². The van der Waals surface area contributed by atoms with Gasteiger partial charge in [0.2, 0.25) is 0 Å². The van der Waals surface area contributed by atoms with Gasteiger partial charge >= 0.3 is 0 Å². The lowest BCUT2D eigenvalue weighted by atomic mass is 10.2. The van der Waals surface area contributed by atoms with Crippen LogP contribution in [0, 0.1) is 0 Å². The van der Waals surface area contributed by atoms with E-state index < -0.39 is 0 Å². The number of anilines is 1. The van der Waals surface area contributed by atoms with Crippen LogP contribution in [0.15, 0.2) is 12.1 Å². The molecule has 1 N–H and O–H groups in total. The number of hydrogen-bond donors (Lipinski definition) is 1. The van der Waals surface area contributed by atoms with Gasteiger partial charge in [-0.15, -0.1) is 10.2 Å². The Morgan fingerprint density at radius 1 is 1.46 bits per heavy atom. The molecule has 13 heavy (non-hydrogen) atoms. The molecule has 2 heterocycles. The summed E-state index contributed by atoms with van der Waals surface area (Å²) >= 11 is 7.59. The van der Waals surface area contributed by atoms with Crippen molar-refractivity contribution < 1.29 is 0 Å². The molecule has 1 aromatic rings. The molecule has 1 saturated heterocycles. The summed E-state index contributed by atoms with van der Waals surface area (Å²) < 4.78 is 0. The van der Waals surface area contributed by atoms with Crippen molar-refractivity contribution in [2.24, 2.45) is 0 Å². The number of halogens is 1. The zero-order valence-corrected chi connectivity index (χ0v) is 8.61. The van der Waals surface area contributed by atoms with Crippen LogP contribution in [0.5, 0.6) is 0 Å². The summed E-state index contributed by atoms with van der Waals surface area (Å²) in [6.45, 7) is 0. The third kappa shape index (κ3) is 2.48. The third-order valence-electron chi connectivity index (χ3n) is 1.91. The van der Waals surface area contributed by atoms with Crippen LogP contribution in [-0.2, 0) is 0 Å². The molecule has 1 aliphatic rings. The molecular formula is C8H10ClN3S. The Kier molecular flexibility index (Phi) is 2.90. The Bertz CT molecular complexity index is 271. The first kappa shape index (κ1) is 9.09. The Morgan fingerprint density at radius 3 is 3.00 bits per heavy atom. The van der Waals surface area contributed by atoms with Gasteiger partial charge in [-0.25, -0.2) is 0 Å². The molecule has 1 atom stereocenters. The van der Waals surface area contributed by atoms with Crippen LogP contribution in [-0.4, -0.2) is 27.7 Å². The van der Waals surface area contributed by atoms with Crippen molar-refractivity contribution in [3.8, 4) is 0 Å². The standard InChI is InChI=1S/C8H10ClN3S/c9-7-1-2-8(12-11-7)10-6-3-4-13-5-6/h1-2,6H,3-5H2,(H,10,12). The van der Waals surface area contributed by atoms with Gasteiger partial charge in [-0.3, -0.25) is 0 Å². The van der Waals surface area contributed by atoms with Gasteiger partial charge < -0.3 is 5.32 Å². The molecule has 0 bridgehead atoms. The summed E-state index contributed by atoms with van der Waals surface area (Å²) in [4.78, 5) is 0. The summed E-state index contributed by atoms with van der Waals surface area (Å²) in [7, 11) is 0. The average Bonchev–Trinajstić information content (AvgIpc) is 2.62. The normalized spacial score (nSPS) is 21.8. The van der Waals surface area contributed by atoms with Gasteiger partial charge in [0.05, 0.1) is 0 Å². The fraction of sp³-hybridized carbons (Fsp3) is 0.500. The Hall–Kier alpha value is -0.480. The molecule has 0 aromatic carbocycles. The predicted molar refractivity (Wildman–Crippen MR) is 56.4 cm³/mol. The molecule has 0 radical (unpaired) electrons. The monoisotopic (exact) mass is 215 g/mol. The number of nitrogens with zero attached hydrogens (tertiary/aromatic N) is 2. The smallest absolute Gasteiger partial charge is 0.151 e. The van der Waals surface area contributed by atoms with Crippen molar-refractivity contribution in [2.45, 2.75) is 12.5 Å². The Morgan fingerprint density at radius 2 is 2.38 bits per heavy atom. The van der Waals surface area contributed by atoms with Crippen LogP contribution in [0.2, 0.25) is 5.15 Å². The van der Waals surface area contributed by atoms with Crippen LogP contribution >= 0.6 is 23.4 Å². The van der Waals surface area contributed by atoms with Crippen molar-refractivity contribution in [2.75, 3.05) is 16.8 Å². The lowest BCUT2D eigenvalue weighted by molar-refractivity contribution is 0.800. The minimum absolute atomic E-state index is 0.436. The fourth-order valence-corrected chi connectivity index (χ4v) is 2.50. The van der Waals surface area contributed by atoms with Gasteiger partial charge in [-0.1, -0.05) is 11.6 Å². The number of rotatable bonds is 2. The van der Waals surface area contributed by atoms with Crippen LogP contribution in [0.4, 0.5) is 5.82 Å². The van der Waals surface area contributed by atoms with E-state index in [-0.39, 0.29) is 0 Å². The molecule has 70 valence electrons. The van der Waals surface area contributed by atoms with Gasteiger partial charge in [-0.2, -0.15) is 11.8 Å². The molecule has 1 unspecified atom stereocenters. The van der Waals surface area contributed by atoms with Crippen molar-refractivity contribution >= 4 is 29.2 Å². The maximum atomic E-state index is 5.62. The maximum Gasteiger partial charge on any atom is 0.151 e. The van der Waals surface area contributed by atoms with Gasteiger partial charge in [0.1, 0.15) is 5.82 Å². The van der Waals surface area contributed by atoms with Gasteiger partial charge in [0.25, 0.3) is 0 Å². The highest BCUT2D eigenvalue weighted by Gasteiger charge is 2.15. The lowest BCUT2D eigenvalue weighted by Crippen LogP contribution is -2.18. The SMILES string of the molecule is Clc1ccc(NC2CCSC2)nn1. The zero-order valence-electron chi connectivity index (χ0n) is 7.03. The molecule has 2 rings (SSSR count). The highest BCUT2D eigenvalue weighted by molar-refractivity contribution is 7.99. The van der Waals surface area contributed by atoms with E-state index in [1.165, 1.54) is 12.2 Å². The lowest BCUT2D eigenvalue weighted by Gasteiger charge is -2.10. The molecule has 0 spiro atoms. The second-order valence-corrected chi connectivity index (χ2v) is 4.48. The average molecular weight is 216 g/mol. The first-order valence-electron chi connectivity index (χ1n) is 4.18. The largest absolute Gasteiger partial charge is 0.365 e. The molecule has 3 nitrogen and oxygen atoms in total. The van der Waals surface area contributed by atoms with E-state index in [1.54, 1.807) is 6.07 Å². The second-order valence-electron chi connectivity index (χ2n) is 2.95. The molecule has 1 aliphatic heterocycles.